The van der Waals surface area contributed by atoms with Crippen LogP contribution in [0.4, 0.5) is 0 Å². The number of hydrogen-bond donors (Lipinski definition) is 0. The molecule has 0 saturated heterocycles. The highest BCUT2D eigenvalue weighted by molar-refractivity contribution is 6.74. The highest BCUT2D eigenvalue weighted by Crippen LogP contribution is 2.59. The molecule has 3 aliphatic carbocycles. The van der Waals surface area contributed by atoms with Gasteiger partial charge in [-0.05, 0) is 111 Å². The van der Waals surface area contributed by atoms with Crippen LogP contribution < -0.4 is 0 Å². The molecular formula is C37H67NO4Si2. The van der Waals surface area contributed by atoms with Crippen molar-refractivity contribution in [2.24, 2.45) is 23.2 Å². The van der Waals surface area contributed by atoms with Gasteiger partial charge in [-0.25, -0.2) is 5.06 Å². The first-order valence-corrected chi connectivity index (χ1v) is 23.2. The molecule has 3 saturated carbocycles. The summed E-state index contributed by atoms with van der Waals surface area (Å²) in [5.41, 5.74) is 3.40. The summed E-state index contributed by atoms with van der Waals surface area (Å²) in [6.07, 6.45) is 18.5. The molecule has 3 aliphatic rings. The van der Waals surface area contributed by atoms with E-state index in [0.717, 1.165) is 19.3 Å². The van der Waals surface area contributed by atoms with Gasteiger partial charge in [-0.1, -0.05) is 84.8 Å². The molecule has 0 radical (unpaired) electrons. The van der Waals surface area contributed by atoms with E-state index < -0.39 is 16.6 Å². The number of hydrogen-bond acceptors (Lipinski definition) is 4. The van der Waals surface area contributed by atoms with Gasteiger partial charge >= 0.3 is 0 Å². The molecule has 0 aromatic carbocycles. The second-order valence-corrected chi connectivity index (χ2v) is 27.1. The van der Waals surface area contributed by atoms with Crippen molar-refractivity contribution in [1.82, 2.24) is 5.06 Å². The summed E-state index contributed by atoms with van der Waals surface area (Å²) < 4.78 is 14.1. The van der Waals surface area contributed by atoms with Gasteiger partial charge in [0.1, 0.15) is 0 Å². The SMILES string of the molecule is CON(C)C(=O)/C=C/[C@@H](C)[C@H]1CC[C@H]2/C(=C/C=C3C[C@@H](O[Si](C)(C)C(C)(C)C)C[C@H](O[Si](C)(C)C(C)(C)C)C3)CCC[C@]12C. The molecule has 0 aromatic heterocycles. The average Bonchev–Trinajstić information content (AvgIpc) is 3.25. The Kier molecular flexibility index (Phi) is 11.9. The van der Waals surface area contributed by atoms with E-state index in [9.17, 15) is 4.79 Å². The summed E-state index contributed by atoms with van der Waals surface area (Å²) in [6.45, 7) is 28.4. The van der Waals surface area contributed by atoms with Crippen LogP contribution in [0, 0.1) is 23.2 Å². The third-order valence-electron chi connectivity index (χ3n) is 12.4. The van der Waals surface area contributed by atoms with Crippen LogP contribution in [0.15, 0.2) is 35.5 Å². The summed E-state index contributed by atoms with van der Waals surface area (Å²) in [4.78, 5) is 17.4. The molecule has 3 fully saturated rings. The highest BCUT2D eigenvalue weighted by atomic mass is 28.4. The van der Waals surface area contributed by atoms with Gasteiger partial charge in [0.25, 0.3) is 5.91 Å². The molecule has 0 N–H and O–H groups in total. The standard InChI is InChI=1S/C37H67NO4Si2/c1-27(17-22-34(39)38(9)40-10)32-20-21-33-29(16-15-23-37(32,33)8)19-18-28-24-30(41-43(11,12)35(2,3)4)26-31(25-28)42-44(13,14)36(5,6)7/h17-19,22,27,30-33H,15-16,20-21,23-26H2,1-14H3/b22-17+,29-19+/t27-,30-,31-,32-,33+,37-/m1/s1. The van der Waals surface area contributed by atoms with E-state index in [-0.39, 0.29) is 33.6 Å². The van der Waals surface area contributed by atoms with E-state index in [2.05, 4.69) is 99.8 Å². The summed E-state index contributed by atoms with van der Waals surface area (Å²) in [7, 11) is -0.601. The molecule has 1 amide bonds. The van der Waals surface area contributed by atoms with Crippen LogP contribution in [0.25, 0.3) is 0 Å². The molecule has 0 aliphatic heterocycles. The highest BCUT2D eigenvalue weighted by Gasteiger charge is 2.50. The molecule has 0 aromatic rings. The number of carbonyl (C=O) groups excluding carboxylic acids is 1. The molecule has 0 bridgehead atoms. The van der Waals surface area contributed by atoms with E-state index >= 15 is 0 Å². The Labute approximate surface area is 273 Å². The van der Waals surface area contributed by atoms with Gasteiger partial charge in [-0.2, -0.15) is 0 Å². The van der Waals surface area contributed by atoms with Crippen LogP contribution in [0.2, 0.25) is 36.3 Å². The first kappa shape index (κ1) is 37.5. The lowest BCUT2D eigenvalue weighted by molar-refractivity contribution is -0.162. The minimum absolute atomic E-state index is 0.103. The molecule has 3 rings (SSSR count). The monoisotopic (exact) mass is 645 g/mol. The Balaban J connectivity index is 1.84. The number of hydroxylamine groups is 2. The van der Waals surface area contributed by atoms with Gasteiger partial charge in [0, 0.05) is 13.1 Å². The number of rotatable bonds is 9. The van der Waals surface area contributed by atoms with Crippen molar-refractivity contribution in [2.45, 2.75) is 155 Å². The fraction of sp³-hybridized carbons (Fsp3) is 0.811. The quantitative estimate of drug-likeness (QED) is 0.142. The van der Waals surface area contributed by atoms with Crippen molar-refractivity contribution in [1.29, 1.82) is 0 Å². The number of allylic oxidation sites excluding steroid dienone is 4. The van der Waals surface area contributed by atoms with E-state index in [1.807, 2.05) is 0 Å². The van der Waals surface area contributed by atoms with Crippen LogP contribution in [0.5, 0.6) is 0 Å². The maximum Gasteiger partial charge on any atom is 0.269 e. The van der Waals surface area contributed by atoms with E-state index in [1.165, 1.54) is 49.9 Å². The number of carbonyl (C=O) groups is 1. The van der Waals surface area contributed by atoms with Crippen molar-refractivity contribution in [3.8, 4) is 0 Å². The largest absolute Gasteiger partial charge is 0.414 e. The van der Waals surface area contributed by atoms with E-state index in [0.29, 0.717) is 17.8 Å². The van der Waals surface area contributed by atoms with E-state index in [4.69, 9.17) is 13.7 Å². The predicted molar refractivity (Wildman–Crippen MR) is 190 cm³/mol. The van der Waals surface area contributed by atoms with Crippen LogP contribution in [-0.2, 0) is 18.5 Å². The Morgan fingerprint density at radius 1 is 0.955 bits per heavy atom. The van der Waals surface area contributed by atoms with Crippen LogP contribution >= 0.6 is 0 Å². The van der Waals surface area contributed by atoms with Crippen LogP contribution in [0.1, 0.15) is 107 Å². The predicted octanol–water partition coefficient (Wildman–Crippen LogP) is 10.2. The first-order chi connectivity index (χ1) is 20.1. The van der Waals surface area contributed by atoms with E-state index in [1.54, 1.807) is 18.7 Å². The number of nitrogens with zero attached hydrogens (tertiary/aromatic N) is 1. The van der Waals surface area contributed by atoms with Crippen LogP contribution in [-0.4, -0.2) is 54.0 Å². The maximum absolute atomic E-state index is 12.3. The van der Waals surface area contributed by atoms with Crippen molar-refractivity contribution in [3.05, 3.63) is 35.5 Å². The third kappa shape index (κ3) is 8.67. The molecular weight excluding hydrogens is 579 g/mol. The molecule has 5 nitrogen and oxygen atoms in total. The van der Waals surface area contributed by atoms with Gasteiger partial charge in [0.05, 0.1) is 19.3 Å². The zero-order valence-electron chi connectivity index (χ0n) is 30.9. The molecule has 0 spiro atoms. The molecule has 6 atom stereocenters. The Bertz CT molecular complexity index is 1060. The lowest BCUT2D eigenvalue weighted by Gasteiger charge is -2.45. The summed E-state index contributed by atoms with van der Waals surface area (Å²) in [6, 6.07) is 0. The fourth-order valence-corrected chi connectivity index (χ4v) is 10.3. The summed E-state index contributed by atoms with van der Waals surface area (Å²) >= 11 is 0. The first-order valence-electron chi connectivity index (χ1n) is 17.4. The molecule has 0 heterocycles. The number of amides is 1. The zero-order valence-corrected chi connectivity index (χ0v) is 32.9. The normalized spacial score (nSPS) is 30.5. The lowest BCUT2D eigenvalue weighted by Crippen LogP contribution is -2.48. The summed E-state index contributed by atoms with van der Waals surface area (Å²) in [5.74, 6) is 1.46. The van der Waals surface area contributed by atoms with Gasteiger partial charge in [-0.15, -0.1) is 0 Å². The fourth-order valence-electron chi connectivity index (χ4n) is 7.56. The van der Waals surface area contributed by atoms with Gasteiger partial charge < -0.3 is 8.85 Å². The number of likely N-dealkylation sites (N-methyl/N-ethyl adjacent to an activating group) is 1. The molecule has 0 unspecified atom stereocenters. The topological polar surface area (TPSA) is 48.0 Å². The minimum atomic E-state index is -1.89. The zero-order chi connectivity index (χ0) is 33.3. The van der Waals surface area contributed by atoms with Gasteiger partial charge in [0.15, 0.2) is 16.6 Å². The summed E-state index contributed by atoms with van der Waals surface area (Å²) in [5, 5.41) is 1.67. The maximum atomic E-state index is 12.3. The second-order valence-electron chi connectivity index (χ2n) is 17.5. The average molecular weight is 646 g/mol. The second kappa shape index (κ2) is 14.0. The van der Waals surface area contributed by atoms with Gasteiger partial charge in [0.2, 0.25) is 0 Å². The lowest BCUT2D eigenvalue weighted by atomic mass is 9.61. The Hall–Kier alpha value is -0.996. The smallest absolute Gasteiger partial charge is 0.269 e. The molecule has 7 heteroatoms. The van der Waals surface area contributed by atoms with Crippen molar-refractivity contribution in [3.63, 3.8) is 0 Å². The number of fused-ring (bicyclic) bond motifs is 1. The Morgan fingerprint density at radius 3 is 2.00 bits per heavy atom. The Morgan fingerprint density at radius 2 is 1.50 bits per heavy atom. The van der Waals surface area contributed by atoms with Crippen molar-refractivity contribution >= 4 is 22.5 Å². The van der Waals surface area contributed by atoms with Crippen molar-refractivity contribution in [2.75, 3.05) is 14.2 Å². The minimum Gasteiger partial charge on any atom is -0.414 e. The molecule has 44 heavy (non-hydrogen) atoms. The molecule has 252 valence electrons. The van der Waals surface area contributed by atoms with Gasteiger partial charge in [-0.3, -0.25) is 9.63 Å². The van der Waals surface area contributed by atoms with Crippen LogP contribution in [0.3, 0.4) is 0 Å². The van der Waals surface area contributed by atoms with Crippen molar-refractivity contribution < 1.29 is 18.5 Å². The third-order valence-corrected chi connectivity index (χ3v) is 21.4.